The molecule has 1 heterocycles. The zero-order chi connectivity index (χ0) is 15.2. The molecule has 0 aliphatic carbocycles. The zero-order valence-electron chi connectivity index (χ0n) is 12.6. The minimum Gasteiger partial charge on any atom is -0.481 e. The number of carboxylic acids is 1. The van der Waals surface area contributed by atoms with Gasteiger partial charge < -0.3 is 20.5 Å². The SMILES string of the molecule is CC(C)(C)C1OCCCC1CNC(=O)NCCC(=O)O. The van der Waals surface area contributed by atoms with E-state index in [9.17, 15) is 9.59 Å². The number of hydrogen-bond acceptors (Lipinski definition) is 3. The van der Waals surface area contributed by atoms with Gasteiger partial charge in [-0.1, -0.05) is 20.8 Å². The molecule has 20 heavy (non-hydrogen) atoms. The van der Waals surface area contributed by atoms with E-state index >= 15 is 0 Å². The topological polar surface area (TPSA) is 87.7 Å². The summed E-state index contributed by atoms with van der Waals surface area (Å²) in [6, 6.07) is -0.315. The average molecular weight is 286 g/mol. The quantitative estimate of drug-likeness (QED) is 0.716. The van der Waals surface area contributed by atoms with Crippen LogP contribution in [0.1, 0.15) is 40.0 Å². The van der Waals surface area contributed by atoms with E-state index in [1.165, 1.54) is 0 Å². The number of rotatable bonds is 5. The molecule has 1 fully saturated rings. The molecule has 0 aromatic heterocycles. The summed E-state index contributed by atoms with van der Waals surface area (Å²) in [6.07, 6.45) is 2.12. The monoisotopic (exact) mass is 286 g/mol. The van der Waals surface area contributed by atoms with E-state index in [1.54, 1.807) is 0 Å². The average Bonchev–Trinajstić information content (AvgIpc) is 2.35. The predicted molar refractivity (Wildman–Crippen MR) is 75.6 cm³/mol. The second-order valence-electron chi connectivity index (χ2n) is 6.34. The highest BCUT2D eigenvalue weighted by Crippen LogP contribution is 2.33. The number of nitrogens with one attached hydrogen (secondary N) is 2. The van der Waals surface area contributed by atoms with E-state index < -0.39 is 5.97 Å². The van der Waals surface area contributed by atoms with Gasteiger partial charge in [-0.3, -0.25) is 4.79 Å². The highest BCUT2D eigenvalue weighted by Gasteiger charge is 2.35. The summed E-state index contributed by atoms with van der Waals surface area (Å²) < 4.78 is 5.85. The van der Waals surface area contributed by atoms with Crippen molar-refractivity contribution in [3.8, 4) is 0 Å². The Kier molecular flexibility index (Phi) is 6.26. The van der Waals surface area contributed by atoms with Crippen molar-refractivity contribution in [1.29, 1.82) is 0 Å². The molecule has 0 bridgehead atoms. The molecule has 0 spiro atoms. The summed E-state index contributed by atoms with van der Waals surface area (Å²) in [5, 5.41) is 13.8. The summed E-state index contributed by atoms with van der Waals surface area (Å²) in [7, 11) is 0. The lowest BCUT2D eigenvalue weighted by Gasteiger charge is -2.40. The van der Waals surface area contributed by atoms with Gasteiger partial charge in [-0.25, -0.2) is 4.79 Å². The van der Waals surface area contributed by atoms with Crippen LogP contribution in [0.3, 0.4) is 0 Å². The molecule has 116 valence electrons. The van der Waals surface area contributed by atoms with Crippen molar-refractivity contribution in [2.45, 2.75) is 46.1 Å². The Morgan fingerprint density at radius 2 is 2.00 bits per heavy atom. The van der Waals surface area contributed by atoms with E-state index in [-0.39, 0.29) is 30.5 Å². The Bertz CT molecular complexity index is 339. The first-order valence-corrected chi connectivity index (χ1v) is 7.16. The van der Waals surface area contributed by atoms with Gasteiger partial charge in [-0.2, -0.15) is 0 Å². The molecule has 2 unspecified atom stereocenters. The van der Waals surface area contributed by atoms with Crippen molar-refractivity contribution in [2.75, 3.05) is 19.7 Å². The Hall–Kier alpha value is -1.30. The van der Waals surface area contributed by atoms with Crippen LogP contribution in [0.4, 0.5) is 4.79 Å². The molecule has 2 atom stereocenters. The Morgan fingerprint density at radius 3 is 2.60 bits per heavy atom. The summed E-state index contributed by atoms with van der Waals surface area (Å²) >= 11 is 0. The number of urea groups is 1. The Balaban J connectivity index is 2.34. The van der Waals surface area contributed by atoms with Crippen molar-refractivity contribution in [1.82, 2.24) is 10.6 Å². The van der Waals surface area contributed by atoms with Crippen molar-refractivity contribution in [3.05, 3.63) is 0 Å². The molecule has 1 saturated heterocycles. The van der Waals surface area contributed by atoms with Gasteiger partial charge in [0.15, 0.2) is 0 Å². The van der Waals surface area contributed by atoms with Crippen LogP contribution >= 0.6 is 0 Å². The van der Waals surface area contributed by atoms with Gasteiger partial charge >= 0.3 is 12.0 Å². The highest BCUT2D eigenvalue weighted by molar-refractivity contribution is 5.74. The molecular formula is C14H26N2O4. The standard InChI is InChI=1S/C14H26N2O4/c1-14(2,3)12-10(5-4-8-20-12)9-16-13(19)15-7-6-11(17)18/h10,12H,4-9H2,1-3H3,(H,17,18)(H2,15,16,19). The van der Waals surface area contributed by atoms with Crippen LogP contribution in [-0.4, -0.2) is 42.9 Å². The maximum Gasteiger partial charge on any atom is 0.314 e. The summed E-state index contributed by atoms with van der Waals surface area (Å²) in [5.41, 5.74) is 0.0482. The molecule has 1 aliphatic rings. The summed E-state index contributed by atoms with van der Waals surface area (Å²) in [6.45, 7) is 7.91. The third-order valence-electron chi connectivity index (χ3n) is 3.45. The molecule has 6 heteroatoms. The van der Waals surface area contributed by atoms with Gasteiger partial charge in [0.2, 0.25) is 0 Å². The molecular weight excluding hydrogens is 260 g/mol. The number of carbonyl (C=O) groups is 2. The van der Waals surface area contributed by atoms with Gasteiger partial charge in [0.1, 0.15) is 0 Å². The molecule has 0 radical (unpaired) electrons. The maximum absolute atomic E-state index is 11.6. The third-order valence-corrected chi connectivity index (χ3v) is 3.45. The molecule has 6 nitrogen and oxygen atoms in total. The van der Waals surface area contributed by atoms with E-state index in [2.05, 4.69) is 31.4 Å². The fourth-order valence-electron chi connectivity index (χ4n) is 2.58. The number of carboxylic acid groups (broad SMARTS) is 1. The second kappa shape index (κ2) is 7.47. The van der Waals surface area contributed by atoms with Crippen LogP contribution in [0.25, 0.3) is 0 Å². The maximum atomic E-state index is 11.6. The highest BCUT2D eigenvalue weighted by atomic mass is 16.5. The minimum atomic E-state index is -0.918. The lowest BCUT2D eigenvalue weighted by Crippen LogP contribution is -2.47. The van der Waals surface area contributed by atoms with Crippen molar-refractivity contribution in [2.24, 2.45) is 11.3 Å². The predicted octanol–water partition coefficient (Wildman–Crippen LogP) is 1.60. The Labute approximate surface area is 120 Å². The van der Waals surface area contributed by atoms with Crippen LogP contribution < -0.4 is 10.6 Å². The molecule has 1 rings (SSSR count). The molecule has 1 aliphatic heterocycles. The van der Waals surface area contributed by atoms with Gasteiger partial charge in [0.05, 0.1) is 12.5 Å². The van der Waals surface area contributed by atoms with Crippen LogP contribution in [0, 0.1) is 11.3 Å². The third kappa shape index (κ3) is 5.77. The van der Waals surface area contributed by atoms with Crippen LogP contribution in [0.5, 0.6) is 0 Å². The largest absolute Gasteiger partial charge is 0.481 e. The van der Waals surface area contributed by atoms with Crippen molar-refractivity contribution in [3.63, 3.8) is 0 Å². The number of hydrogen-bond donors (Lipinski definition) is 3. The van der Waals surface area contributed by atoms with E-state index in [0.29, 0.717) is 12.5 Å². The fourth-order valence-corrected chi connectivity index (χ4v) is 2.58. The smallest absolute Gasteiger partial charge is 0.314 e. The van der Waals surface area contributed by atoms with Crippen LogP contribution in [-0.2, 0) is 9.53 Å². The lowest BCUT2D eigenvalue weighted by molar-refractivity contribution is -0.136. The number of carbonyl (C=O) groups excluding carboxylic acids is 1. The number of aliphatic carboxylic acids is 1. The second-order valence-corrected chi connectivity index (χ2v) is 6.34. The molecule has 2 amide bonds. The Morgan fingerprint density at radius 1 is 1.30 bits per heavy atom. The van der Waals surface area contributed by atoms with Gasteiger partial charge in [0.25, 0.3) is 0 Å². The van der Waals surface area contributed by atoms with E-state index in [4.69, 9.17) is 9.84 Å². The first-order chi connectivity index (χ1) is 9.30. The summed E-state index contributed by atoms with van der Waals surface area (Å²) in [5.74, 6) is -0.618. The van der Waals surface area contributed by atoms with Crippen LogP contribution in [0.15, 0.2) is 0 Å². The molecule has 3 N–H and O–H groups in total. The first kappa shape index (κ1) is 16.8. The normalized spacial score (nSPS) is 23.1. The van der Waals surface area contributed by atoms with Gasteiger partial charge in [-0.15, -0.1) is 0 Å². The van der Waals surface area contributed by atoms with Crippen LogP contribution in [0.2, 0.25) is 0 Å². The van der Waals surface area contributed by atoms with Crippen molar-refractivity contribution >= 4 is 12.0 Å². The fraction of sp³-hybridized carbons (Fsp3) is 0.857. The zero-order valence-corrected chi connectivity index (χ0v) is 12.6. The lowest BCUT2D eigenvalue weighted by atomic mass is 9.78. The molecule has 0 aromatic rings. The van der Waals surface area contributed by atoms with E-state index in [0.717, 1.165) is 19.4 Å². The first-order valence-electron chi connectivity index (χ1n) is 7.16. The minimum absolute atomic E-state index is 0.0482. The van der Waals surface area contributed by atoms with Gasteiger partial charge in [-0.05, 0) is 18.3 Å². The number of amides is 2. The van der Waals surface area contributed by atoms with Gasteiger partial charge in [0, 0.05) is 25.6 Å². The number of ether oxygens (including phenoxy) is 1. The molecule has 0 saturated carbocycles. The summed E-state index contributed by atoms with van der Waals surface area (Å²) in [4.78, 5) is 21.9. The molecule has 0 aromatic carbocycles. The van der Waals surface area contributed by atoms with Crippen molar-refractivity contribution < 1.29 is 19.4 Å². The van der Waals surface area contributed by atoms with E-state index in [1.807, 2.05) is 0 Å².